The number of nitrogens with zero attached hydrogens (tertiary/aromatic N) is 1. The van der Waals surface area contributed by atoms with Crippen molar-refractivity contribution < 1.29 is 19.1 Å². The van der Waals surface area contributed by atoms with Crippen molar-refractivity contribution >= 4 is 39.3 Å². The summed E-state index contributed by atoms with van der Waals surface area (Å²) in [6.07, 6.45) is 0.802. The number of benzene rings is 2. The van der Waals surface area contributed by atoms with Crippen LogP contribution in [0.2, 0.25) is 5.02 Å². The molecule has 0 aliphatic carbocycles. The average Bonchev–Trinajstić information content (AvgIpc) is 2.76. The summed E-state index contributed by atoms with van der Waals surface area (Å²) in [5.41, 5.74) is 0.851. The van der Waals surface area contributed by atoms with Gasteiger partial charge in [-0.3, -0.25) is 9.59 Å². The number of carbonyl (C=O) groups is 2. The first kappa shape index (κ1) is 25.0. The molecule has 2 rings (SSSR count). The third-order valence-electron chi connectivity index (χ3n) is 4.90. The van der Waals surface area contributed by atoms with Gasteiger partial charge in [0, 0.05) is 17.6 Å². The van der Waals surface area contributed by atoms with E-state index in [1.807, 2.05) is 38.1 Å². The molecule has 168 valence electrons. The van der Waals surface area contributed by atoms with Gasteiger partial charge in [-0.15, -0.1) is 0 Å². The molecule has 0 unspecified atom stereocenters. The van der Waals surface area contributed by atoms with E-state index in [-0.39, 0.29) is 31.0 Å². The average molecular weight is 512 g/mol. The van der Waals surface area contributed by atoms with Gasteiger partial charge < -0.3 is 19.7 Å². The molecule has 0 radical (unpaired) electrons. The van der Waals surface area contributed by atoms with Crippen molar-refractivity contribution in [3.8, 4) is 11.5 Å². The Hall–Kier alpha value is -2.25. The summed E-state index contributed by atoms with van der Waals surface area (Å²) < 4.78 is 11.6. The van der Waals surface area contributed by atoms with Crippen LogP contribution < -0.4 is 14.8 Å². The van der Waals surface area contributed by atoms with Crippen LogP contribution in [0.3, 0.4) is 0 Å². The molecule has 1 N–H and O–H groups in total. The van der Waals surface area contributed by atoms with Gasteiger partial charge in [-0.25, -0.2) is 0 Å². The molecule has 0 fully saturated rings. The molecule has 2 atom stereocenters. The molecule has 2 aromatic carbocycles. The summed E-state index contributed by atoms with van der Waals surface area (Å²) in [6.45, 7) is 5.67. The van der Waals surface area contributed by atoms with Gasteiger partial charge in [0.25, 0.3) is 5.91 Å². The zero-order valence-electron chi connectivity index (χ0n) is 18.2. The van der Waals surface area contributed by atoms with Crippen LogP contribution in [0.25, 0.3) is 0 Å². The number of carbonyl (C=O) groups excluding carboxylic acids is 2. The fourth-order valence-corrected chi connectivity index (χ4v) is 3.63. The minimum atomic E-state index is -0.676. The van der Waals surface area contributed by atoms with Crippen molar-refractivity contribution in [3.63, 3.8) is 0 Å². The molecule has 2 amide bonds. The molecule has 8 heteroatoms. The Balaban J connectivity index is 2.20. The molecule has 0 aliphatic heterocycles. The number of nitrogens with one attached hydrogen (secondary N) is 1. The molecule has 0 heterocycles. The van der Waals surface area contributed by atoms with Gasteiger partial charge in [-0.1, -0.05) is 30.7 Å². The Labute approximate surface area is 197 Å². The second-order valence-electron chi connectivity index (χ2n) is 7.23. The van der Waals surface area contributed by atoms with Gasteiger partial charge in [0.05, 0.1) is 11.6 Å². The highest BCUT2D eigenvalue weighted by Gasteiger charge is 2.27. The first-order valence-corrected chi connectivity index (χ1v) is 11.2. The van der Waals surface area contributed by atoms with Crippen LogP contribution in [0.5, 0.6) is 11.5 Å². The summed E-state index contributed by atoms with van der Waals surface area (Å²) >= 11 is 9.34. The van der Waals surface area contributed by atoms with E-state index < -0.39 is 6.04 Å². The maximum atomic E-state index is 13.1. The van der Waals surface area contributed by atoms with Crippen LogP contribution in [0, 0.1) is 0 Å². The van der Waals surface area contributed by atoms with Gasteiger partial charge in [0.15, 0.2) is 6.61 Å². The standard InChI is InChI=1S/C23H28BrClN2O4/c1-5-15(2)26-23(29)16(3)27(13-17-7-6-8-19(11-17)30-4)22(28)14-31-21-10-9-18(25)12-20(21)24/h6-12,15-16H,5,13-14H2,1-4H3,(H,26,29)/t15-,16-/m1/s1. The van der Waals surface area contributed by atoms with Gasteiger partial charge >= 0.3 is 0 Å². The summed E-state index contributed by atoms with van der Waals surface area (Å²) in [5.74, 6) is 0.661. The number of hydrogen-bond donors (Lipinski definition) is 1. The fraction of sp³-hybridized carbons (Fsp3) is 0.391. The lowest BCUT2D eigenvalue weighted by atomic mass is 10.1. The number of rotatable bonds is 10. The minimum Gasteiger partial charge on any atom is -0.497 e. The predicted molar refractivity (Wildman–Crippen MR) is 126 cm³/mol. The SMILES string of the molecule is CC[C@@H](C)NC(=O)[C@@H](C)N(Cc1cccc(OC)c1)C(=O)COc1ccc(Cl)cc1Br. The van der Waals surface area contributed by atoms with Gasteiger partial charge in [-0.2, -0.15) is 0 Å². The third-order valence-corrected chi connectivity index (χ3v) is 5.76. The topological polar surface area (TPSA) is 67.9 Å². The first-order valence-electron chi connectivity index (χ1n) is 10.1. The fourth-order valence-electron chi connectivity index (χ4n) is 2.83. The van der Waals surface area contributed by atoms with E-state index in [4.69, 9.17) is 21.1 Å². The summed E-state index contributed by atoms with van der Waals surface area (Å²) in [4.78, 5) is 27.4. The number of methoxy groups -OCH3 is 1. The van der Waals surface area contributed by atoms with Crippen molar-refractivity contribution in [1.29, 1.82) is 0 Å². The van der Waals surface area contributed by atoms with Crippen molar-refractivity contribution in [3.05, 3.63) is 57.5 Å². The van der Waals surface area contributed by atoms with E-state index in [9.17, 15) is 9.59 Å². The highest BCUT2D eigenvalue weighted by Crippen LogP contribution is 2.28. The molecule has 0 spiro atoms. The Morgan fingerprint density at radius 1 is 1.19 bits per heavy atom. The molecule has 2 aromatic rings. The second-order valence-corrected chi connectivity index (χ2v) is 8.52. The number of ether oxygens (including phenoxy) is 2. The van der Waals surface area contributed by atoms with Crippen LogP contribution in [0.1, 0.15) is 32.8 Å². The maximum Gasteiger partial charge on any atom is 0.261 e. The van der Waals surface area contributed by atoms with Gasteiger partial charge in [-0.05, 0) is 72.1 Å². The minimum absolute atomic E-state index is 0.0185. The van der Waals surface area contributed by atoms with E-state index in [0.717, 1.165) is 12.0 Å². The highest BCUT2D eigenvalue weighted by atomic mass is 79.9. The molecular formula is C23H28BrClN2O4. The lowest BCUT2D eigenvalue weighted by Gasteiger charge is -2.29. The summed E-state index contributed by atoms with van der Waals surface area (Å²) in [5, 5.41) is 3.50. The monoisotopic (exact) mass is 510 g/mol. The summed E-state index contributed by atoms with van der Waals surface area (Å²) in [6, 6.07) is 11.8. The third kappa shape index (κ3) is 7.43. The Morgan fingerprint density at radius 2 is 1.94 bits per heavy atom. The Bertz CT molecular complexity index is 909. The molecule has 6 nitrogen and oxygen atoms in total. The van der Waals surface area contributed by atoms with E-state index in [1.165, 1.54) is 4.90 Å². The molecule has 0 aliphatic rings. The molecule has 0 saturated heterocycles. The van der Waals surface area contributed by atoms with Crippen LogP contribution in [0.4, 0.5) is 0 Å². The van der Waals surface area contributed by atoms with E-state index in [0.29, 0.717) is 21.0 Å². The predicted octanol–water partition coefficient (Wildman–Crippen LogP) is 4.82. The molecular weight excluding hydrogens is 484 g/mol. The molecule has 0 aromatic heterocycles. The van der Waals surface area contributed by atoms with Gasteiger partial charge in [0.2, 0.25) is 5.91 Å². The Morgan fingerprint density at radius 3 is 2.58 bits per heavy atom. The second kappa shape index (κ2) is 12.0. The quantitative estimate of drug-likeness (QED) is 0.496. The number of hydrogen-bond acceptors (Lipinski definition) is 4. The molecule has 31 heavy (non-hydrogen) atoms. The van der Waals surface area contributed by atoms with Crippen molar-refractivity contribution in [2.24, 2.45) is 0 Å². The lowest BCUT2D eigenvalue weighted by Crippen LogP contribution is -2.50. The first-order chi connectivity index (χ1) is 14.7. The summed E-state index contributed by atoms with van der Waals surface area (Å²) in [7, 11) is 1.59. The largest absolute Gasteiger partial charge is 0.497 e. The number of halogens is 2. The smallest absolute Gasteiger partial charge is 0.261 e. The van der Waals surface area contributed by atoms with Crippen LogP contribution >= 0.6 is 27.5 Å². The van der Waals surface area contributed by atoms with Gasteiger partial charge in [0.1, 0.15) is 17.5 Å². The lowest BCUT2D eigenvalue weighted by molar-refractivity contribution is -0.142. The van der Waals surface area contributed by atoms with Crippen molar-refractivity contribution in [1.82, 2.24) is 10.2 Å². The van der Waals surface area contributed by atoms with Crippen LogP contribution in [0.15, 0.2) is 46.9 Å². The zero-order valence-corrected chi connectivity index (χ0v) is 20.5. The molecule has 0 bridgehead atoms. The maximum absolute atomic E-state index is 13.1. The van der Waals surface area contributed by atoms with E-state index >= 15 is 0 Å². The highest BCUT2D eigenvalue weighted by molar-refractivity contribution is 9.10. The van der Waals surface area contributed by atoms with Crippen LogP contribution in [-0.4, -0.2) is 42.5 Å². The van der Waals surface area contributed by atoms with E-state index in [1.54, 1.807) is 32.2 Å². The van der Waals surface area contributed by atoms with E-state index in [2.05, 4.69) is 21.2 Å². The number of amides is 2. The van der Waals surface area contributed by atoms with Crippen molar-refractivity contribution in [2.45, 2.75) is 45.8 Å². The zero-order chi connectivity index (χ0) is 23.0. The Kier molecular flexibility index (Phi) is 9.65. The normalized spacial score (nSPS) is 12.6. The van der Waals surface area contributed by atoms with Crippen molar-refractivity contribution in [2.75, 3.05) is 13.7 Å². The van der Waals surface area contributed by atoms with Crippen LogP contribution in [-0.2, 0) is 16.1 Å². The molecule has 0 saturated carbocycles.